The van der Waals surface area contributed by atoms with Crippen molar-refractivity contribution in [2.45, 2.75) is 38.5 Å². The van der Waals surface area contributed by atoms with Gasteiger partial charge in [0.1, 0.15) is 0 Å². The molecule has 0 heterocycles. The van der Waals surface area contributed by atoms with Crippen molar-refractivity contribution in [2.24, 2.45) is 0 Å². The topological polar surface area (TPSA) is 60.8 Å². The second-order valence-corrected chi connectivity index (χ2v) is 3.26. The molecule has 2 saturated carbocycles. The molecule has 0 spiro atoms. The van der Waals surface area contributed by atoms with E-state index in [-0.39, 0.29) is 27.5 Å². The van der Waals surface area contributed by atoms with Gasteiger partial charge in [-0.1, -0.05) is 31.3 Å². The Kier molecular flexibility index (Phi) is 29.1. The molecular weight excluding hydrogens is 310 g/mol. The van der Waals surface area contributed by atoms with E-state index in [0.717, 1.165) is 6.42 Å². The minimum Gasteiger partial charge on any atom is -0.0312 e. The van der Waals surface area contributed by atoms with Crippen molar-refractivity contribution in [2.75, 3.05) is 0 Å². The zero-order valence-electron chi connectivity index (χ0n) is 11.4. The molecule has 0 amide bonds. The van der Waals surface area contributed by atoms with Crippen LogP contribution < -0.4 is 0 Å². The summed E-state index contributed by atoms with van der Waals surface area (Å²) in [6.45, 7) is 4.50. The summed E-state index contributed by atoms with van der Waals surface area (Å²) in [6.07, 6.45) is 20.4. The monoisotopic (exact) mass is 333 g/mol. The summed E-state index contributed by atoms with van der Waals surface area (Å²) in [4.78, 5) is 7.50. The normalized spacial score (nSPS) is 19.6. The summed E-state index contributed by atoms with van der Waals surface area (Å²) < 4.78 is 14.9. The van der Waals surface area contributed by atoms with Crippen LogP contribution in [0, 0.1) is 62.1 Å². The number of hydrogen-bond donors (Lipinski definition) is 1. The van der Waals surface area contributed by atoms with Crippen molar-refractivity contribution in [3.05, 3.63) is 56.5 Å². The fourth-order valence-corrected chi connectivity index (χ4v) is 1.31. The van der Waals surface area contributed by atoms with E-state index in [9.17, 15) is 0 Å². The van der Waals surface area contributed by atoms with Gasteiger partial charge in [0, 0.05) is 22.4 Å². The summed E-state index contributed by atoms with van der Waals surface area (Å²) in [6, 6.07) is 0. The van der Waals surface area contributed by atoms with Crippen LogP contribution in [0.4, 0.5) is 0 Å². The summed E-state index contributed by atoms with van der Waals surface area (Å²) >= 11 is 0. The molecule has 1 unspecified atom stereocenters. The third kappa shape index (κ3) is 21.3. The molecule has 1 atom stereocenters. The molecule has 0 aromatic rings. The van der Waals surface area contributed by atoms with E-state index in [1.807, 2.05) is 38.5 Å². The summed E-state index contributed by atoms with van der Waals surface area (Å²) in [7, 11) is 0. The van der Waals surface area contributed by atoms with Crippen LogP contribution in [0.15, 0.2) is 0 Å². The van der Waals surface area contributed by atoms with Crippen molar-refractivity contribution < 1.29 is 27.1 Å². The maximum Gasteiger partial charge on any atom is 0 e. The number of nitrogens with one attached hydrogen (secondary N) is 1. The molecule has 0 aromatic carbocycles. The van der Waals surface area contributed by atoms with Gasteiger partial charge in [0.15, 0.2) is 0 Å². The van der Waals surface area contributed by atoms with Gasteiger partial charge in [-0.2, -0.15) is 4.91 Å². The average Bonchev–Trinajstić information content (AvgIpc) is 2.98. The first-order valence-electron chi connectivity index (χ1n) is 6.14. The van der Waals surface area contributed by atoms with E-state index < -0.39 is 0 Å². The molecule has 0 saturated heterocycles. The molecule has 2 rings (SSSR count). The minimum atomic E-state index is 0. The molecule has 0 aromatic heterocycles. The Morgan fingerprint density at radius 3 is 1.83 bits per heavy atom. The fraction of sp³-hybridized carbons (Fsp3) is 0.429. The first-order chi connectivity index (χ1) is 8.89. The Hall–Kier alpha value is 0.0283. The Balaban J connectivity index is -0.000000220. The van der Waals surface area contributed by atoms with E-state index in [4.69, 9.17) is 10.9 Å². The Morgan fingerprint density at radius 1 is 0.889 bits per heavy atom. The second-order valence-electron chi connectivity index (χ2n) is 3.26. The molecular formula is C14H20MoNO2. The quantitative estimate of drug-likeness (QED) is 0.309. The number of hydrogen-bond acceptors (Lipinski definition) is 2. The van der Waals surface area contributed by atoms with Gasteiger partial charge in [0.05, 0.1) is 0 Å². The van der Waals surface area contributed by atoms with Gasteiger partial charge in [-0.15, -0.1) is 0 Å². The maximum atomic E-state index is 7.50. The number of rotatable bonds is 0. The molecule has 99 valence electrons. The van der Waals surface area contributed by atoms with Crippen LogP contribution >= 0.6 is 0 Å². The minimum absolute atomic E-state index is 0. The molecule has 3 nitrogen and oxygen atoms in total. The molecule has 2 aliphatic rings. The Morgan fingerprint density at radius 2 is 1.33 bits per heavy atom. The molecule has 2 fully saturated rings. The fourth-order valence-electron chi connectivity index (χ4n) is 1.31. The van der Waals surface area contributed by atoms with Crippen molar-refractivity contribution in [3.8, 4) is 0 Å². The smallest absolute Gasteiger partial charge is 0 e. The van der Waals surface area contributed by atoms with Gasteiger partial charge in [-0.3, -0.25) is 0 Å². The van der Waals surface area contributed by atoms with Gasteiger partial charge in [-0.05, 0) is 57.8 Å². The molecule has 18 heavy (non-hydrogen) atoms. The third-order valence-corrected chi connectivity index (χ3v) is 2.07. The van der Waals surface area contributed by atoms with Gasteiger partial charge in [0.25, 0.3) is 0 Å². The zero-order valence-corrected chi connectivity index (χ0v) is 12.4. The van der Waals surface area contributed by atoms with E-state index in [2.05, 4.69) is 18.7 Å². The van der Waals surface area contributed by atoms with Crippen molar-refractivity contribution in [1.82, 2.24) is 0 Å². The van der Waals surface area contributed by atoms with Gasteiger partial charge in [0.2, 0.25) is 0 Å². The second kappa shape index (κ2) is 25.8. The van der Waals surface area contributed by atoms with Crippen LogP contribution in [0.5, 0.6) is 0 Å². The van der Waals surface area contributed by atoms with Crippen LogP contribution in [0.1, 0.15) is 39.9 Å². The van der Waals surface area contributed by atoms with Gasteiger partial charge < -0.3 is 0 Å². The predicted molar refractivity (Wildman–Crippen MR) is 67.8 cm³/mol. The average molecular weight is 331 g/mol. The van der Waals surface area contributed by atoms with E-state index >= 15 is 0 Å². The first-order valence-corrected chi connectivity index (χ1v) is 5.56. The van der Waals surface area contributed by atoms with Crippen LogP contribution in [0.25, 0.3) is 0 Å². The van der Waals surface area contributed by atoms with Gasteiger partial charge >= 0.3 is 11.3 Å². The van der Waals surface area contributed by atoms with Crippen molar-refractivity contribution in [1.29, 1.82) is 5.59 Å². The molecule has 7 radical (unpaired) electrons. The van der Waals surface area contributed by atoms with Crippen LogP contribution in [0.3, 0.4) is 0 Å². The standard InChI is InChI=1S/C8H14.C5H5.CO.Mo.HNO/c1-2-4-6-8-7-5-3-1;1-2-4-5-3-1;1-2;;1-2/h1-2H,3-8H2;1-5H;;;1H/i3D;;;;. The first kappa shape index (κ1) is 20.3. The largest absolute Gasteiger partial charge is 0.0312 e. The van der Waals surface area contributed by atoms with Crippen molar-refractivity contribution >= 4 is 0 Å². The van der Waals surface area contributed by atoms with Crippen molar-refractivity contribution in [3.63, 3.8) is 0 Å². The molecule has 0 bridgehead atoms. The Labute approximate surface area is 128 Å². The predicted octanol–water partition coefficient (Wildman–Crippen LogP) is 4.06. The van der Waals surface area contributed by atoms with Crippen LogP contribution in [0.2, 0.25) is 0 Å². The number of nitroso groups, excluding NO2 is 1. The summed E-state index contributed by atoms with van der Waals surface area (Å²) in [5.41, 5.74) is 4.50. The Bertz CT molecular complexity index is 162. The van der Waals surface area contributed by atoms with Crippen LogP contribution in [-0.4, -0.2) is 0 Å². The molecule has 1 N–H and O–H groups in total. The molecule has 2 aliphatic carbocycles. The van der Waals surface area contributed by atoms with E-state index in [1.54, 1.807) is 0 Å². The van der Waals surface area contributed by atoms with Gasteiger partial charge in [-0.25, -0.2) is 0 Å². The summed E-state index contributed by atoms with van der Waals surface area (Å²) in [5, 5.41) is 0. The SMILES string of the molecule is N=O.[2H]C1[CH][CH]CCCCC1.[C-]#[O+].[CH]1[CH][CH][CH][CH]1.[Mo]. The van der Waals surface area contributed by atoms with Crippen LogP contribution in [-0.2, 0) is 25.7 Å². The maximum absolute atomic E-state index is 7.50. The van der Waals surface area contributed by atoms with E-state index in [1.165, 1.54) is 25.7 Å². The summed E-state index contributed by atoms with van der Waals surface area (Å²) in [5.74, 6) is 0. The van der Waals surface area contributed by atoms with E-state index in [0.29, 0.717) is 0 Å². The zero-order chi connectivity index (χ0) is 14.1. The third-order valence-electron chi connectivity index (χ3n) is 2.07. The molecule has 4 heteroatoms. The molecule has 0 aliphatic heterocycles.